The highest BCUT2D eigenvalue weighted by atomic mass is 35.5. The molecule has 0 saturated heterocycles. The van der Waals surface area contributed by atoms with Crippen molar-refractivity contribution in [2.75, 3.05) is 13.1 Å². The van der Waals surface area contributed by atoms with Gasteiger partial charge in [0.25, 0.3) is 0 Å². The van der Waals surface area contributed by atoms with Gasteiger partial charge in [0.1, 0.15) is 17.7 Å². The first-order valence-electron chi connectivity index (χ1n) is 4.70. The van der Waals surface area contributed by atoms with Crippen LogP contribution in [0.15, 0.2) is 11.7 Å². The summed E-state index contributed by atoms with van der Waals surface area (Å²) in [7, 11) is 0. The molecule has 0 spiro atoms. The van der Waals surface area contributed by atoms with Gasteiger partial charge in [0.15, 0.2) is 0 Å². The van der Waals surface area contributed by atoms with E-state index in [9.17, 15) is 13.6 Å². The molecule has 0 fully saturated rings. The Labute approximate surface area is 116 Å². The lowest BCUT2D eigenvalue weighted by molar-refractivity contribution is -0.138. The van der Waals surface area contributed by atoms with Crippen molar-refractivity contribution in [3.8, 4) is 0 Å². The third kappa shape index (κ3) is 10.4. The number of hydrogen-bond acceptors (Lipinski definition) is 4. The Morgan fingerprint density at radius 3 is 2.39 bits per heavy atom. The molecule has 0 heterocycles. The number of nitrogens with one attached hydrogen (secondary N) is 2. The minimum absolute atomic E-state index is 0. The van der Waals surface area contributed by atoms with E-state index in [-0.39, 0.29) is 50.7 Å². The van der Waals surface area contributed by atoms with E-state index in [2.05, 4.69) is 5.32 Å². The molecule has 0 aromatic rings. The Morgan fingerprint density at radius 1 is 1.39 bits per heavy atom. The van der Waals surface area contributed by atoms with Gasteiger partial charge in [-0.2, -0.15) is 0 Å². The van der Waals surface area contributed by atoms with Crippen LogP contribution in [-0.2, 0) is 4.79 Å². The summed E-state index contributed by atoms with van der Waals surface area (Å²) in [5.41, 5.74) is 5.13. The van der Waals surface area contributed by atoms with Crippen LogP contribution in [0.4, 0.5) is 8.78 Å². The second-order valence-electron chi connectivity index (χ2n) is 3.13. The summed E-state index contributed by atoms with van der Waals surface area (Å²) in [4.78, 5) is 10.3. The summed E-state index contributed by atoms with van der Waals surface area (Å²) in [5, 5.41) is 17.5. The number of carboxylic acids is 1. The molecular weight excluding hydrogens is 291 g/mol. The van der Waals surface area contributed by atoms with Crippen LogP contribution in [0.25, 0.3) is 0 Å². The fourth-order valence-electron chi connectivity index (χ4n) is 0.891. The van der Waals surface area contributed by atoms with E-state index in [1.165, 1.54) is 0 Å². The molecular formula is C9H17Cl2F2N3O2. The van der Waals surface area contributed by atoms with Crippen molar-refractivity contribution in [2.24, 2.45) is 5.73 Å². The molecule has 0 radical (unpaired) electrons. The molecule has 0 aromatic carbocycles. The summed E-state index contributed by atoms with van der Waals surface area (Å²) in [5.74, 6) is -3.23. The highest BCUT2D eigenvalue weighted by Gasteiger charge is 2.14. The third-order valence-electron chi connectivity index (χ3n) is 1.81. The summed E-state index contributed by atoms with van der Waals surface area (Å²) >= 11 is 0. The van der Waals surface area contributed by atoms with E-state index in [0.29, 0.717) is 0 Å². The lowest BCUT2D eigenvalue weighted by Crippen LogP contribution is -2.29. The van der Waals surface area contributed by atoms with Crippen LogP contribution >= 0.6 is 24.8 Å². The monoisotopic (exact) mass is 307 g/mol. The van der Waals surface area contributed by atoms with Gasteiger partial charge < -0.3 is 21.6 Å². The Balaban J connectivity index is -0.00000112. The van der Waals surface area contributed by atoms with Crippen LogP contribution in [0.2, 0.25) is 0 Å². The van der Waals surface area contributed by atoms with Crippen LogP contribution in [0.1, 0.15) is 12.8 Å². The van der Waals surface area contributed by atoms with Crippen molar-refractivity contribution in [1.29, 1.82) is 5.41 Å². The predicted octanol–water partition coefficient (Wildman–Crippen LogP) is 1.41. The largest absolute Gasteiger partial charge is 0.480 e. The molecule has 0 bridgehead atoms. The van der Waals surface area contributed by atoms with Gasteiger partial charge in [0.05, 0.1) is 6.54 Å². The quantitative estimate of drug-likeness (QED) is 0.402. The van der Waals surface area contributed by atoms with Gasteiger partial charge in [-0.1, -0.05) is 0 Å². The summed E-state index contributed by atoms with van der Waals surface area (Å²) in [6.07, 6.45) is 0.524. The molecule has 0 saturated carbocycles. The molecule has 0 rings (SSSR count). The smallest absolute Gasteiger partial charge is 0.320 e. The van der Waals surface area contributed by atoms with Crippen molar-refractivity contribution in [2.45, 2.75) is 18.9 Å². The maximum Gasteiger partial charge on any atom is 0.320 e. The van der Waals surface area contributed by atoms with E-state index >= 15 is 0 Å². The summed E-state index contributed by atoms with van der Waals surface area (Å²) < 4.78 is 26.0. The number of nitrogens with two attached hydrogens (primary N) is 1. The molecule has 1 atom stereocenters. The standard InChI is InChI=1S/C9H15F2N3O2.2ClH/c10-6(1-2-8(13)9(15)16)7(11)5-14-4-3-12;;/h3,8,12,14H,1-2,4-5,13H2,(H,15,16);2*1H/b7-6+,12-3?;;/t8-;;/m0../s1. The highest BCUT2D eigenvalue weighted by Crippen LogP contribution is 2.14. The number of allylic oxidation sites excluding steroid dienone is 1. The molecule has 0 aliphatic heterocycles. The molecule has 5 nitrogen and oxygen atoms in total. The number of halogens is 4. The van der Waals surface area contributed by atoms with Crippen LogP contribution < -0.4 is 11.1 Å². The Hall–Kier alpha value is -0.760. The minimum Gasteiger partial charge on any atom is -0.480 e. The first kappa shape index (κ1) is 22.4. The zero-order chi connectivity index (χ0) is 12.6. The van der Waals surface area contributed by atoms with E-state index in [1.807, 2.05) is 0 Å². The Morgan fingerprint density at radius 2 is 1.94 bits per heavy atom. The maximum atomic E-state index is 13.0. The van der Waals surface area contributed by atoms with Crippen molar-refractivity contribution in [1.82, 2.24) is 5.32 Å². The van der Waals surface area contributed by atoms with E-state index in [0.717, 1.165) is 6.21 Å². The average molecular weight is 308 g/mol. The van der Waals surface area contributed by atoms with Gasteiger partial charge in [0, 0.05) is 19.2 Å². The first-order valence-corrected chi connectivity index (χ1v) is 4.70. The third-order valence-corrected chi connectivity index (χ3v) is 1.81. The lowest BCUT2D eigenvalue weighted by atomic mass is 10.1. The summed E-state index contributed by atoms with van der Waals surface area (Å²) in [6.45, 7) is -0.168. The van der Waals surface area contributed by atoms with Crippen LogP contribution in [0, 0.1) is 5.41 Å². The number of carbonyl (C=O) groups is 1. The van der Waals surface area contributed by atoms with Crippen molar-refractivity contribution in [3.63, 3.8) is 0 Å². The number of hydrogen-bond donors (Lipinski definition) is 4. The second kappa shape index (κ2) is 12.7. The Kier molecular flexibility index (Phi) is 15.8. The fourth-order valence-corrected chi connectivity index (χ4v) is 0.891. The van der Waals surface area contributed by atoms with Crippen molar-refractivity contribution in [3.05, 3.63) is 11.7 Å². The molecule has 18 heavy (non-hydrogen) atoms. The van der Waals surface area contributed by atoms with Gasteiger partial charge in [-0.25, -0.2) is 8.78 Å². The molecule has 0 amide bonds. The maximum absolute atomic E-state index is 13.0. The molecule has 0 unspecified atom stereocenters. The van der Waals surface area contributed by atoms with E-state index < -0.39 is 23.7 Å². The SMILES string of the molecule is Cl.Cl.N=CCNC/C(F)=C(\F)CC[C@H](N)C(=O)O. The summed E-state index contributed by atoms with van der Waals surface area (Å²) in [6, 6.07) is -1.19. The molecule has 108 valence electrons. The predicted molar refractivity (Wildman–Crippen MR) is 70.2 cm³/mol. The molecule has 0 aromatic heterocycles. The average Bonchev–Trinajstić information content (AvgIpc) is 2.25. The van der Waals surface area contributed by atoms with Gasteiger partial charge >= 0.3 is 5.97 Å². The fraction of sp³-hybridized carbons (Fsp3) is 0.556. The van der Waals surface area contributed by atoms with Crippen LogP contribution in [-0.4, -0.2) is 36.4 Å². The van der Waals surface area contributed by atoms with Crippen molar-refractivity contribution < 1.29 is 18.7 Å². The minimum atomic E-state index is -1.24. The lowest BCUT2D eigenvalue weighted by Gasteiger charge is -2.05. The van der Waals surface area contributed by atoms with E-state index in [4.69, 9.17) is 16.2 Å². The molecule has 0 aliphatic carbocycles. The van der Waals surface area contributed by atoms with Crippen molar-refractivity contribution >= 4 is 37.0 Å². The van der Waals surface area contributed by atoms with Gasteiger partial charge in [0.2, 0.25) is 0 Å². The normalized spacial score (nSPS) is 12.6. The molecule has 9 heteroatoms. The van der Waals surface area contributed by atoms with Gasteiger partial charge in [-0.15, -0.1) is 24.8 Å². The zero-order valence-electron chi connectivity index (χ0n) is 9.49. The zero-order valence-corrected chi connectivity index (χ0v) is 11.1. The van der Waals surface area contributed by atoms with Gasteiger partial charge in [-0.3, -0.25) is 4.79 Å². The van der Waals surface area contributed by atoms with E-state index in [1.54, 1.807) is 0 Å². The number of aliphatic carboxylic acids is 1. The number of carboxylic acid groups (broad SMARTS) is 1. The van der Waals surface area contributed by atoms with Gasteiger partial charge in [-0.05, 0) is 6.42 Å². The van der Waals surface area contributed by atoms with Crippen LogP contribution in [0.5, 0.6) is 0 Å². The molecule has 5 N–H and O–H groups in total. The van der Waals surface area contributed by atoms with Crippen LogP contribution in [0.3, 0.4) is 0 Å². The molecule has 0 aliphatic rings. The Bertz CT molecular complexity index is 291. The number of rotatable bonds is 8. The topological polar surface area (TPSA) is 99.2 Å². The highest BCUT2D eigenvalue weighted by molar-refractivity contribution is 5.85. The second-order valence-corrected chi connectivity index (χ2v) is 3.13. The first-order chi connectivity index (χ1) is 7.49.